The second-order valence-electron chi connectivity index (χ2n) is 6.01. The van der Waals surface area contributed by atoms with Crippen molar-refractivity contribution in [3.8, 4) is 0 Å². The van der Waals surface area contributed by atoms with E-state index in [0.29, 0.717) is 17.7 Å². The first-order valence-corrected chi connectivity index (χ1v) is 11.2. The van der Waals surface area contributed by atoms with Gasteiger partial charge in [-0.2, -0.15) is 0 Å². The summed E-state index contributed by atoms with van der Waals surface area (Å²) in [6.45, 7) is 5.70. The second-order valence-corrected chi connectivity index (χ2v) is 10.6. The monoisotopic (exact) mass is 385 g/mol. The molecule has 2 aromatic rings. The van der Waals surface area contributed by atoms with Crippen molar-refractivity contribution in [1.29, 1.82) is 0 Å². The van der Waals surface area contributed by atoms with Crippen molar-refractivity contribution in [3.05, 3.63) is 28.0 Å². The zero-order chi connectivity index (χ0) is 17.5. The van der Waals surface area contributed by atoms with Gasteiger partial charge in [0.05, 0.1) is 17.3 Å². The maximum Gasteiger partial charge on any atom is 0.174 e. The Bertz CT molecular complexity index is 883. The molecule has 0 radical (unpaired) electrons. The number of sulfone groups is 1. The Morgan fingerprint density at radius 3 is 2.71 bits per heavy atom. The van der Waals surface area contributed by atoms with E-state index in [0.717, 1.165) is 20.7 Å². The van der Waals surface area contributed by atoms with Gasteiger partial charge in [0.1, 0.15) is 5.01 Å². The molecule has 0 aliphatic carbocycles. The van der Waals surface area contributed by atoms with Gasteiger partial charge in [-0.05, 0) is 33.3 Å². The van der Waals surface area contributed by atoms with Crippen LogP contribution in [0, 0.1) is 20.8 Å². The number of thioether (sulfide) groups is 1. The number of carbonyl (C=O) groups excluding carboxylic acids is 1. The lowest BCUT2D eigenvalue weighted by Gasteiger charge is -2.16. The van der Waals surface area contributed by atoms with Gasteiger partial charge in [0.15, 0.2) is 20.0 Å². The number of nitrogens with zero attached hydrogens (tertiary/aromatic N) is 3. The van der Waals surface area contributed by atoms with Crippen molar-refractivity contribution in [2.45, 2.75) is 37.6 Å². The molecule has 0 aromatic carbocycles. The predicted octanol–water partition coefficient (Wildman–Crippen LogP) is 2.60. The quantitative estimate of drug-likeness (QED) is 0.581. The molecule has 9 heteroatoms. The molecule has 24 heavy (non-hydrogen) atoms. The van der Waals surface area contributed by atoms with E-state index >= 15 is 0 Å². The van der Waals surface area contributed by atoms with E-state index in [1.54, 1.807) is 0 Å². The number of Topliss-reactive ketones (excluding diaryl/α,β-unsaturated/α-hetero) is 1. The smallest absolute Gasteiger partial charge is 0.174 e. The highest BCUT2D eigenvalue weighted by atomic mass is 32.2. The van der Waals surface area contributed by atoms with Crippen molar-refractivity contribution in [3.63, 3.8) is 0 Å². The highest BCUT2D eigenvalue weighted by Gasteiger charge is 2.31. The van der Waals surface area contributed by atoms with Gasteiger partial charge in [-0.25, -0.2) is 8.42 Å². The average Bonchev–Trinajstić information content (AvgIpc) is 3.15. The number of ketones is 1. The Morgan fingerprint density at radius 2 is 2.12 bits per heavy atom. The summed E-state index contributed by atoms with van der Waals surface area (Å²) in [7, 11) is -2.96. The minimum absolute atomic E-state index is 0.0352. The van der Waals surface area contributed by atoms with Gasteiger partial charge in [0.25, 0.3) is 0 Å². The number of carbonyl (C=O) groups is 1. The topological polar surface area (TPSA) is 81.9 Å². The van der Waals surface area contributed by atoms with Gasteiger partial charge in [0.2, 0.25) is 0 Å². The molecule has 3 heterocycles. The van der Waals surface area contributed by atoms with Crippen LogP contribution in [0.5, 0.6) is 0 Å². The number of hydrogen-bond acceptors (Lipinski definition) is 7. The van der Waals surface area contributed by atoms with E-state index in [4.69, 9.17) is 0 Å². The minimum atomic E-state index is -2.96. The van der Waals surface area contributed by atoms with Crippen LogP contribution in [0.4, 0.5) is 0 Å². The molecular formula is C15H19N3O3S3. The molecule has 1 aliphatic heterocycles. The van der Waals surface area contributed by atoms with E-state index in [1.807, 2.05) is 31.4 Å². The molecule has 2 aromatic heterocycles. The van der Waals surface area contributed by atoms with Crippen molar-refractivity contribution >= 4 is 38.7 Å². The largest absolute Gasteiger partial charge is 0.344 e. The Labute approximate surface area is 149 Å². The zero-order valence-corrected chi connectivity index (χ0v) is 16.2. The van der Waals surface area contributed by atoms with Crippen molar-refractivity contribution in [2.24, 2.45) is 0 Å². The predicted molar refractivity (Wildman–Crippen MR) is 95.9 cm³/mol. The van der Waals surface area contributed by atoms with Crippen LogP contribution in [0.25, 0.3) is 0 Å². The first-order chi connectivity index (χ1) is 11.3. The van der Waals surface area contributed by atoms with E-state index in [2.05, 4.69) is 10.2 Å². The SMILES string of the molecule is Cc1nnc(SCC(=O)c2cc(C)n(C3CCS(=O)(=O)C3)c2C)s1. The van der Waals surface area contributed by atoms with Crippen molar-refractivity contribution < 1.29 is 13.2 Å². The number of hydrogen-bond donors (Lipinski definition) is 0. The lowest BCUT2D eigenvalue weighted by molar-refractivity contribution is 0.102. The third-order valence-corrected chi connectivity index (χ3v) is 7.91. The molecule has 0 bridgehead atoms. The molecule has 0 amide bonds. The molecule has 3 rings (SSSR count). The van der Waals surface area contributed by atoms with Gasteiger partial charge in [0, 0.05) is 23.0 Å². The molecule has 1 atom stereocenters. The Kier molecular flexibility index (Phi) is 4.85. The fourth-order valence-corrected chi connectivity index (χ4v) is 6.54. The van der Waals surface area contributed by atoms with Crippen LogP contribution in [0.15, 0.2) is 10.4 Å². The summed E-state index contributed by atoms with van der Waals surface area (Å²) in [6, 6.07) is 1.81. The van der Waals surface area contributed by atoms with Gasteiger partial charge < -0.3 is 4.57 Å². The lowest BCUT2D eigenvalue weighted by Crippen LogP contribution is -2.14. The molecule has 0 saturated carbocycles. The third-order valence-electron chi connectivity index (χ3n) is 4.19. The van der Waals surface area contributed by atoms with Crippen molar-refractivity contribution in [2.75, 3.05) is 17.3 Å². The van der Waals surface area contributed by atoms with E-state index in [-0.39, 0.29) is 23.3 Å². The Hall–Kier alpha value is -1.19. The molecule has 130 valence electrons. The normalized spacial score (nSPS) is 19.7. The molecule has 1 fully saturated rings. The summed E-state index contributed by atoms with van der Waals surface area (Å²) in [5.74, 6) is 0.732. The molecule has 1 saturated heterocycles. The van der Waals surface area contributed by atoms with Crippen LogP contribution in [0.3, 0.4) is 0 Å². The van der Waals surface area contributed by atoms with Crippen LogP contribution in [-0.2, 0) is 9.84 Å². The van der Waals surface area contributed by atoms with Gasteiger partial charge in [-0.3, -0.25) is 4.79 Å². The molecule has 0 N–H and O–H groups in total. The first kappa shape index (κ1) is 17.6. The average molecular weight is 386 g/mol. The first-order valence-electron chi connectivity index (χ1n) is 7.62. The lowest BCUT2D eigenvalue weighted by atomic mass is 10.2. The molecule has 1 unspecified atom stereocenters. The fourth-order valence-electron chi connectivity index (χ4n) is 3.14. The summed E-state index contributed by atoms with van der Waals surface area (Å²) in [4.78, 5) is 12.6. The highest BCUT2D eigenvalue weighted by Crippen LogP contribution is 2.30. The van der Waals surface area contributed by atoms with Gasteiger partial charge >= 0.3 is 0 Å². The second kappa shape index (κ2) is 6.61. The van der Waals surface area contributed by atoms with Crippen LogP contribution in [-0.4, -0.2) is 46.2 Å². The molecule has 0 spiro atoms. The summed E-state index contributed by atoms with van der Waals surface area (Å²) in [6.07, 6.45) is 0.616. The molecule has 6 nitrogen and oxygen atoms in total. The van der Waals surface area contributed by atoms with E-state index < -0.39 is 9.84 Å². The minimum Gasteiger partial charge on any atom is -0.344 e. The van der Waals surface area contributed by atoms with Crippen LogP contribution in [0.2, 0.25) is 0 Å². The molecule has 1 aliphatic rings. The van der Waals surface area contributed by atoms with Crippen LogP contribution < -0.4 is 0 Å². The van der Waals surface area contributed by atoms with E-state index in [9.17, 15) is 13.2 Å². The zero-order valence-electron chi connectivity index (χ0n) is 13.8. The summed E-state index contributed by atoms with van der Waals surface area (Å²) in [5.41, 5.74) is 2.47. The fraction of sp³-hybridized carbons (Fsp3) is 0.533. The number of aromatic nitrogens is 3. The third kappa shape index (κ3) is 3.57. The Balaban J connectivity index is 1.77. The highest BCUT2D eigenvalue weighted by molar-refractivity contribution is 8.01. The molecular weight excluding hydrogens is 366 g/mol. The summed E-state index contributed by atoms with van der Waals surface area (Å²) >= 11 is 2.86. The maximum absolute atomic E-state index is 12.6. The Morgan fingerprint density at radius 1 is 1.38 bits per heavy atom. The summed E-state index contributed by atoms with van der Waals surface area (Å²) < 4.78 is 26.3. The van der Waals surface area contributed by atoms with Crippen LogP contribution in [0.1, 0.15) is 39.2 Å². The van der Waals surface area contributed by atoms with Gasteiger partial charge in [-0.15, -0.1) is 10.2 Å². The van der Waals surface area contributed by atoms with Crippen LogP contribution >= 0.6 is 23.1 Å². The number of rotatable bonds is 5. The van der Waals surface area contributed by atoms with Crippen molar-refractivity contribution in [1.82, 2.24) is 14.8 Å². The standard InChI is InChI=1S/C15H19N3O3S3/c1-9-6-13(14(19)7-22-15-17-16-11(3)23-15)10(2)18(9)12-4-5-24(20,21)8-12/h6,12H,4-5,7-8H2,1-3H3. The summed E-state index contributed by atoms with van der Waals surface area (Å²) in [5, 5.41) is 8.84. The van der Waals surface area contributed by atoms with E-state index in [1.165, 1.54) is 23.1 Å². The maximum atomic E-state index is 12.6. The number of aryl methyl sites for hydroxylation is 2. The van der Waals surface area contributed by atoms with Gasteiger partial charge in [-0.1, -0.05) is 23.1 Å².